The monoisotopic (exact) mass is 347 g/mol. The predicted octanol–water partition coefficient (Wildman–Crippen LogP) is 2.89. The topological polar surface area (TPSA) is 64.0 Å². The van der Waals surface area contributed by atoms with Crippen LogP contribution in [0, 0.1) is 5.92 Å². The Bertz CT molecular complexity index is 835. The first kappa shape index (κ1) is 17.1. The lowest BCUT2D eigenvalue weighted by Crippen LogP contribution is -2.45. The maximum atomic E-state index is 12.9. The maximum Gasteiger partial charge on any atom is 0.262 e. The summed E-state index contributed by atoms with van der Waals surface area (Å²) in [6, 6.07) is 0. The lowest BCUT2D eigenvalue weighted by Gasteiger charge is -2.24. The normalized spacial score (nSPS) is 17.8. The van der Waals surface area contributed by atoms with E-state index in [0.717, 1.165) is 41.5 Å². The second-order valence-electron chi connectivity index (χ2n) is 7.50. The maximum absolute atomic E-state index is 12.9. The first-order valence-corrected chi connectivity index (χ1v) is 9.43. The van der Waals surface area contributed by atoms with Crippen LogP contribution in [0.25, 0.3) is 10.2 Å². The van der Waals surface area contributed by atoms with E-state index in [0.29, 0.717) is 5.92 Å². The van der Waals surface area contributed by atoms with Crippen LogP contribution in [0.1, 0.15) is 51.0 Å². The van der Waals surface area contributed by atoms with E-state index in [1.54, 1.807) is 11.3 Å². The van der Waals surface area contributed by atoms with Crippen LogP contribution in [-0.4, -0.2) is 21.0 Å². The molecule has 24 heavy (non-hydrogen) atoms. The summed E-state index contributed by atoms with van der Waals surface area (Å²) in [5, 5.41) is 3.70. The molecule has 1 amide bonds. The lowest BCUT2D eigenvalue weighted by atomic mass is 9.89. The second-order valence-corrected chi connectivity index (χ2v) is 8.58. The summed E-state index contributed by atoms with van der Waals surface area (Å²) in [5.41, 5.74) is 0.807. The molecule has 1 aliphatic carbocycles. The van der Waals surface area contributed by atoms with Gasteiger partial charge in [0.25, 0.3) is 5.56 Å². The van der Waals surface area contributed by atoms with Crippen molar-refractivity contribution in [3.05, 3.63) is 27.1 Å². The van der Waals surface area contributed by atoms with Gasteiger partial charge in [0.15, 0.2) is 0 Å². The Morgan fingerprint density at radius 1 is 1.50 bits per heavy atom. The standard InChI is InChI=1S/C18H25N3O2S/c1-5-18(3,4)20-14(22)9-21-10-19-16-15(17(21)23)12-7-6-11(2)8-13(12)24-16/h10-11H,5-9H2,1-4H3,(H,20,22)/t11-/m1/s1. The van der Waals surface area contributed by atoms with Gasteiger partial charge >= 0.3 is 0 Å². The summed E-state index contributed by atoms with van der Waals surface area (Å²) >= 11 is 1.63. The van der Waals surface area contributed by atoms with Gasteiger partial charge in [0, 0.05) is 10.4 Å². The summed E-state index contributed by atoms with van der Waals surface area (Å²) in [6.45, 7) is 8.25. The fraction of sp³-hybridized carbons (Fsp3) is 0.611. The lowest BCUT2D eigenvalue weighted by molar-refractivity contribution is -0.123. The summed E-state index contributed by atoms with van der Waals surface area (Å²) in [6.07, 6.45) is 5.42. The van der Waals surface area contributed by atoms with Crippen LogP contribution in [0.4, 0.5) is 0 Å². The molecule has 3 rings (SSSR count). The highest BCUT2D eigenvalue weighted by Crippen LogP contribution is 2.35. The largest absolute Gasteiger partial charge is 0.350 e. The predicted molar refractivity (Wildman–Crippen MR) is 97.6 cm³/mol. The third-order valence-electron chi connectivity index (χ3n) is 4.96. The van der Waals surface area contributed by atoms with Gasteiger partial charge in [-0.25, -0.2) is 4.98 Å². The minimum Gasteiger partial charge on any atom is -0.350 e. The molecule has 0 spiro atoms. The van der Waals surface area contributed by atoms with Crippen molar-refractivity contribution in [3.8, 4) is 0 Å². The SMILES string of the molecule is CCC(C)(C)NC(=O)Cn1cnc2sc3c(c2c1=O)CC[C@@H](C)C3. The molecule has 0 saturated heterocycles. The molecule has 1 aliphatic rings. The molecule has 0 radical (unpaired) electrons. The zero-order valence-electron chi connectivity index (χ0n) is 14.8. The van der Waals surface area contributed by atoms with E-state index in [1.165, 1.54) is 15.8 Å². The molecule has 2 aromatic rings. The number of nitrogens with one attached hydrogen (secondary N) is 1. The first-order chi connectivity index (χ1) is 11.3. The van der Waals surface area contributed by atoms with Crippen molar-refractivity contribution in [3.63, 3.8) is 0 Å². The van der Waals surface area contributed by atoms with Crippen molar-refractivity contribution in [2.24, 2.45) is 5.92 Å². The van der Waals surface area contributed by atoms with Gasteiger partial charge in [-0.3, -0.25) is 14.2 Å². The molecular formula is C18H25N3O2S. The van der Waals surface area contributed by atoms with Crippen LogP contribution in [0.2, 0.25) is 0 Å². The Hall–Kier alpha value is -1.69. The third kappa shape index (κ3) is 3.24. The van der Waals surface area contributed by atoms with Crippen molar-refractivity contribution in [1.82, 2.24) is 14.9 Å². The number of fused-ring (bicyclic) bond motifs is 3. The van der Waals surface area contributed by atoms with E-state index in [1.807, 2.05) is 20.8 Å². The van der Waals surface area contributed by atoms with Gasteiger partial charge in [-0.2, -0.15) is 0 Å². The highest BCUT2D eigenvalue weighted by Gasteiger charge is 2.24. The molecule has 2 aromatic heterocycles. The number of nitrogens with zero attached hydrogens (tertiary/aromatic N) is 2. The van der Waals surface area contributed by atoms with E-state index in [9.17, 15) is 9.59 Å². The minimum absolute atomic E-state index is 0.0201. The van der Waals surface area contributed by atoms with Crippen molar-refractivity contribution in [1.29, 1.82) is 0 Å². The molecule has 0 unspecified atom stereocenters. The molecule has 1 atom stereocenters. The molecule has 5 nitrogen and oxygen atoms in total. The summed E-state index contributed by atoms with van der Waals surface area (Å²) in [4.78, 5) is 31.7. The van der Waals surface area contributed by atoms with E-state index < -0.39 is 0 Å². The van der Waals surface area contributed by atoms with Crippen molar-refractivity contribution >= 4 is 27.5 Å². The summed E-state index contributed by atoms with van der Waals surface area (Å²) in [7, 11) is 0. The molecule has 0 aromatic carbocycles. The van der Waals surface area contributed by atoms with Gasteiger partial charge in [-0.05, 0) is 51.0 Å². The smallest absolute Gasteiger partial charge is 0.262 e. The number of aromatic nitrogens is 2. The van der Waals surface area contributed by atoms with Crippen LogP contribution >= 0.6 is 11.3 Å². The number of carbonyl (C=O) groups is 1. The van der Waals surface area contributed by atoms with Gasteiger partial charge in [-0.15, -0.1) is 11.3 Å². The fourth-order valence-corrected chi connectivity index (χ4v) is 4.48. The van der Waals surface area contributed by atoms with Crippen LogP contribution < -0.4 is 10.9 Å². The Morgan fingerprint density at radius 3 is 2.96 bits per heavy atom. The Morgan fingerprint density at radius 2 is 2.25 bits per heavy atom. The van der Waals surface area contributed by atoms with Crippen LogP contribution in [0.3, 0.4) is 0 Å². The van der Waals surface area contributed by atoms with Crippen molar-refractivity contribution in [2.45, 2.75) is 65.5 Å². The number of aryl methyl sites for hydroxylation is 1. The number of carbonyl (C=O) groups excluding carboxylic acids is 1. The molecule has 130 valence electrons. The second kappa shape index (κ2) is 6.31. The van der Waals surface area contributed by atoms with Crippen LogP contribution in [-0.2, 0) is 24.2 Å². The van der Waals surface area contributed by atoms with Crippen molar-refractivity contribution < 1.29 is 4.79 Å². The summed E-state index contributed by atoms with van der Waals surface area (Å²) < 4.78 is 1.44. The summed E-state index contributed by atoms with van der Waals surface area (Å²) in [5.74, 6) is 0.512. The Kier molecular flexibility index (Phi) is 4.51. The molecule has 6 heteroatoms. The van der Waals surface area contributed by atoms with E-state index in [4.69, 9.17) is 0 Å². The molecule has 1 N–H and O–H groups in total. The Labute approximate surface area is 146 Å². The number of hydrogen-bond acceptors (Lipinski definition) is 4. The Balaban J connectivity index is 1.92. The third-order valence-corrected chi connectivity index (χ3v) is 6.12. The van der Waals surface area contributed by atoms with Crippen molar-refractivity contribution in [2.75, 3.05) is 0 Å². The molecule has 0 aliphatic heterocycles. The molecule has 0 fully saturated rings. The zero-order chi connectivity index (χ0) is 17.5. The average molecular weight is 347 g/mol. The number of amides is 1. The van der Waals surface area contributed by atoms with E-state index >= 15 is 0 Å². The number of thiophene rings is 1. The van der Waals surface area contributed by atoms with Gasteiger partial charge in [-0.1, -0.05) is 13.8 Å². The van der Waals surface area contributed by atoms with Crippen LogP contribution in [0.5, 0.6) is 0 Å². The quantitative estimate of drug-likeness (QED) is 0.925. The highest BCUT2D eigenvalue weighted by molar-refractivity contribution is 7.18. The van der Waals surface area contributed by atoms with Gasteiger partial charge < -0.3 is 5.32 Å². The van der Waals surface area contributed by atoms with E-state index in [-0.39, 0.29) is 23.6 Å². The van der Waals surface area contributed by atoms with E-state index in [2.05, 4.69) is 17.2 Å². The number of rotatable bonds is 4. The van der Waals surface area contributed by atoms with Gasteiger partial charge in [0.2, 0.25) is 5.91 Å². The van der Waals surface area contributed by atoms with Gasteiger partial charge in [0.05, 0.1) is 11.7 Å². The zero-order valence-corrected chi connectivity index (χ0v) is 15.6. The first-order valence-electron chi connectivity index (χ1n) is 8.61. The molecule has 2 heterocycles. The van der Waals surface area contributed by atoms with Gasteiger partial charge in [0.1, 0.15) is 11.4 Å². The highest BCUT2D eigenvalue weighted by atomic mass is 32.1. The molecule has 0 bridgehead atoms. The fourth-order valence-electron chi connectivity index (χ4n) is 3.14. The molecule has 0 saturated carbocycles. The van der Waals surface area contributed by atoms with Crippen LogP contribution in [0.15, 0.2) is 11.1 Å². The molecular weight excluding hydrogens is 322 g/mol. The average Bonchev–Trinajstić information content (AvgIpc) is 2.87. The minimum atomic E-state index is -0.268. The number of hydrogen-bond donors (Lipinski definition) is 1.